The summed E-state index contributed by atoms with van der Waals surface area (Å²) in [5, 5.41) is 3.59. The first-order valence-electron chi connectivity index (χ1n) is 5.88. The molecule has 15 heavy (non-hydrogen) atoms. The van der Waals surface area contributed by atoms with Gasteiger partial charge in [-0.05, 0) is 51.6 Å². The van der Waals surface area contributed by atoms with Crippen molar-refractivity contribution in [1.82, 2.24) is 5.32 Å². The monoisotopic (exact) mass is 207 g/mol. The van der Waals surface area contributed by atoms with Gasteiger partial charge >= 0.3 is 0 Å². The second kappa shape index (κ2) is 4.01. The van der Waals surface area contributed by atoms with Crippen LogP contribution in [0.5, 0.6) is 0 Å². The average molecular weight is 207 g/mol. The van der Waals surface area contributed by atoms with Gasteiger partial charge in [-0.25, -0.2) is 0 Å². The summed E-state index contributed by atoms with van der Waals surface area (Å²) in [6.45, 7) is 9.73. The molecule has 3 atom stereocenters. The summed E-state index contributed by atoms with van der Waals surface area (Å²) in [6.07, 6.45) is 1.39. The normalized spacial score (nSPS) is 26.7. The Hall–Kier alpha value is -0.760. The van der Waals surface area contributed by atoms with Crippen molar-refractivity contribution >= 4 is 0 Å². The van der Waals surface area contributed by atoms with Crippen LogP contribution in [0.2, 0.25) is 0 Å². The largest absolute Gasteiger partial charge is 0.466 e. The van der Waals surface area contributed by atoms with Gasteiger partial charge in [-0.15, -0.1) is 0 Å². The summed E-state index contributed by atoms with van der Waals surface area (Å²) < 4.78 is 5.54. The maximum Gasteiger partial charge on any atom is 0.105 e. The molecule has 0 spiro atoms. The molecule has 0 aliphatic heterocycles. The highest BCUT2D eigenvalue weighted by Crippen LogP contribution is 2.37. The Morgan fingerprint density at radius 3 is 2.67 bits per heavy atom. The number of hydrogen-bond acceptors (Lipinski definition) is 2. The van der Waals surface area contributed by atoms with Crippen LogP contribution in [-0.2, 0) is 0 Å². The van der Waals surface area contributed by atoms with Gasteiger partial charge < -0.3 is 9.73 Å². The van der Waals surface area contributed by atoms with Crippen molar-refractivity contribution in [3.63, 3.8) is 0 Å². The molecule has 1 fully saturated rings. The minimum absolute atomic E-state index is 0.412. The predicted molar refractivity (Wildman–Crippen MR) is 61.9 cm³/mol. The smallest absolute Gasteiger partial charge is 0.105 e. The van der Waals surface area contributed by atoms with Gasteiger partial charge in [0.25, 0.3) is 0 Å². The first-order chi connectivity index (χ1) is 7.08. The van der Waals surface area contributed by atoms with Crippen molar-refractivity contribution in [3.05, 3.63) is 23.2 Å². The number of rotatable bonds is 4. The van der Waals surface area contributed by atoms with E-state index in [4.69, 9.17) is 4.42 Å². The van der Waals surface area contributed by atoms with Crippen LogP contribution in [0.4, 0.5) is 0 Å². The van der Waals surface area contributed by atoms with Crippen molar-refractivity contribution < 1.29 is 4.42 Å². The van der Waals surface area contributed by atoms with Gasteiger partial charge in [0, 0.05) is 11.6 Å². The summed E-state index contributed by atoms with van der Waals surface area (Å²) in [4.78, 5) is 0. The van der Waals surface area contributed by atoms with Crippen molar-refractivity contribution in [1.29, 1.82) is 0 Å². The van der Waals surface area contributed by atoms with Crippen LogP contribution in [0, 0.1) is 25.7 Å². The molecule has 0 saturated heterocycles. The van der Waals surface area contributed by atoms with Gasteiger partial charge in [0.1, 0.15) is 11.5 Å². The molecule has 2 heteroatoms. The van der Waals surface area contributed by atoms with Gasteiger partial charge in [-0.1, -0.05) is 6.92 Å². The first kappa shape index (κ1) is 10.7. The average Bonchev–Trinajstić information content (AvgIpc) is 2.76. The second-order valence-corrected chi connectivity index (χ2v) is 4.97. The Morgan fingerprint density at radius 1 is 1.53 bits per heavy atom. The molecule has 1 aromatic heterocycles. The highest BCUT2D eigenvalue weighted by atomic mass is 16.3. The maximum atomic E-state index is 5.54. The van der Waals surface area contributed by atoms with Crippen LogP contribution in [0.25, 0.3) is 0 Å². The molecule has 3 unspecified atom stereocenters. The molecule has 1 aliphatic rings. The van der Waals surface area contributed by atoms with Crippen LogP contribution >= 0.6 is 0 Å². The topological polar surface area (TPSA) is 25.2 Å². The predicted octanol–water partition coefficient (Wildman–Crippen LogP) is 3.20. The molecule has 1 aliphatic carbocycles. The Bertz CT molecular complexity index is 342. The maximum absolute atomic E-state index is 5.54. The van der Waals surface area contributed by atoms with E-state index in [1.165, 1.54) is 12.0 Å². The molecule has 1 saturated carbocycles. The van der Waals surface area contributed by atoms with Gasteiger partial charge in [-0.2, -0.15) is 0 Å². The van der Waals surface area contributed by atoms with Crippen molar-refractivity contribution in [2.24, 2.45) is 11.8 Å². The summed E-state index contributed by atoms with van der Waals surface area (Å²) >= 11 is 0. The van der Waals surface area contributed by atoms with E-state index in [2.05, 4.69) is 25.2 Å². The number of aryl methyl sites for hydroxylation is 2. The molecule has 84 valence electrons. The minimum atomic E-state index is 0.412. The third-order valence-corrected chi connectivity index (χ3v) is 3.51. The van der Waals surface area contributed by atoms with E-state index in [0.29, 0.717) is 6.04 Å². The summed E-state index contributed by atoms with van der Waals surface area (Å²) in [7, 11) is 0. The molecule has 0 bridgehead atoms. The van der Waals surface area contributed by atoms with E-state index in [-0.39, 0.29) is 0 Å². The van der Waals surface area contributed by atoms with Crippen LogP contribution in [0.3, 0.4) is 0 Å². The molecular weight excluding hydrogens is 186 g/mol. The lowest BCUT2D eigenvalue weighted by Crippen LogP contribution is -2.21. The van der Waals surface area contributed by atoms with Crippen molar-refractivity contribution in [3.8, 4) is 0 Å². The van der Waals surface area contributed by atoms with Crippen molar-refractivity contribution in [2.75, 3.05) is 6.54 Å². The second-order valence-electron chi connectivity index (χ2n) is 4.97. The zero-order valence-corrected chi connectivity index (χ0v) is 10.1. The number of nitrogens with one attached hydrogen (secondary N) is 1. The molecule has 2 rings (SSSR count). The fourth-order valence-corrected chi connectivity index (χ4v) is 2.20. The van der Waals surface area contributed by atoms with E-state index >= 15 is 0 Å². The van der Waals surface area contributed by atoms with Gasteiger partial charge in [0.2, 0.25) is 0 Å². The standard InChI is InChI=1S/C13H21NO/c1-8-5-12(8)7-14-10(3)13-6-9(2)15-11(13)4/h6,8,10,12,14H,5,7H2,1-4H3. The van der Waals surface area contributed by atoms with Gasteiger partial charge in [0.15, 0.2) is 0 Å². The Labute approximate surface area is 92.1 Å². The van der Waals surface area contributed by atoms with E-state index in [1.807, 2.05) is 13.8 Å². The summed E-state index contributed by atoms with van der Waals surface area (Å²) in [5.74, 6) is 3.89. The molecule has 1 aromatic rings. The van der Waals surface area contributed by atoms with E-state index in [1.54, 1.807) is 0 Å². The Morgan fingerprint density at radius 2 is 2.20 bits per heavy atom. The molecular formula is C13H21NO. The molecule has 1 N–H and O–H groups in total. The summed E-state index contributed by atoms with van der Waals surface area (Å²) in [6, 6.07) is 2.55. The Balaban J connectivity index is 1.89. The number of hydrogen-bond donors (Lipinski definition) is 1. The molecule has 0 aromatic carbocycles. The minimum Gasteiger partial charge on any atom is -0.466 e. The highest BCUT2D eigenvalue weighted by molar-refractivity contribution is 5.23. The van der Waals surface area contributed by atoms with E-state index < -0.39 is 0 Å². The zero-order chi connectivity index (χ0) is 11.0. The van der Waals surface area contributed by atoms with E-state index in [0.717, 1.165) is 29.9 Å². The highest BCUT2D eigenvalue weighted by Gasteiger charge is 2.32. The molecule has 1 heterocycles. The number of furan rings is 1. The summed E-state index contributed by atoms with van der Waals surface area (Å²) in [5.41, 5.74) is 1.31. The first-order valence-corrected chi connectivity index (χ1v) is 5.88. The van der Waals surface area contributed by atoms with Gasteiger partial charge in [0.05, 0.1) is 0 Å². The quantitative estimate of drug-likeness (QED) is 0.820. The van der Waals surface area contributed by atoms with Crippen LogP contribution in [0.1, 0.15) is 43.4 Å². The molecule has 0 amide bonds. The van der Waals surface area contributed by atoms with Crippen LogP contribution in [0.15, 0.2) is 10.5 Å². The lowest BCUT2D eigenvalue weighted by atomic mass is 10.1. The zero-order valence-electron chi connectivity index (χ0n) is 10.1. The molecule has 2 nitrogen and oxygen atoms in total. The van der Waals surface area contributed by atoms with Crippen LogP contribution < -0.4 is 5.32 Å². The third-order valence-electron chi connectivity index (χ3n) is 3.51. The fraction of sp³-hybridized carbons (Fsp3) is 0.692. The Kier molecular flexibility index (Phi) is 2.87. The third kappa shape index (κ3) is 2.43. The SMILES string of the molecule is Cc1cc(C(C)NCC2CC2C)c(C)o1. The van der Waals surface area contributed by atoms with Gasteiger partial charge in [-0.3, -0.25) is 0 Å². The fourth-order valence-electron chi connectivity index (χ4n) is 2.20. The molecule has 0 radical (unpaired) electrons. The lowest BCUT2D eigenvalue weighted by Gasteiger charge is -2.12. The van der Waals surface area contributed by atoms with Crippen molar-refractivity contribution in [2.45, 2.75) is 40.2 Å². The van der Waals surface area contributed by atoms with Crippen LogP contribution in [-0.4, -0.2) is 6.54 Å². The lowest BCUT2D eigenvalue weighted by molar-refractivity contribution is 0.485. The van der Waals surface area contributed by atoms with E-state index in [9.17, 15) is 0 Å².